The van der Waals surface area contributed by atoms with E-state index in [1.807, 2.05) is 84.9 Å². The third-order valence-corrected chi connectivity index (χ3v) is 7.13. The average Bonchev–Trinajstić information content (AvgIpc) is 3.49. The predicted octanol–water partition coefficient (Wildman–Crippen LogP) is 5.52. The van der Waals surface area contributed by atoms with E-state index in [1.165, 1.54) is 11.8 Å². The summed E-state index contributed by atoms with van der Waals surface area (Å²) in [4.78, 5) is 46.4. The van der Waals surface area contributed by atoms with Gasteiger partial charge < -0.3 is 4.74 Å². The van der Waals surface area contributed by atoms with E-state index in [4.69, 9.17) is 9.57 Å². The molecule has 3 unspecified atom stereocenters. The summed E-state index contributed by atoms with van der Waals surface area (Å²) in [6.07, 6.45) is -0.968. The van der Waals surface area contributed by atoms with E-state index in [-0.39, 0.29) is 11.7 Å². The second kappa shape index (κ2) is 10.2. The van der Waals surface area contributed by atoms with Crippen LogP contribution in [0.25, 0.3) is 0 Å². The number of carbonyl (C=O) groups excluding carboxylic acids is 3. The van der Waals surface area contributed by atoms with E-state index in [0.717, 1.165) is 16.8 Å². The molecule has 2 amide bonds. The largest absolute Gasteiger partial charge is 0.489 e. The lowest BCUT2D eigenvalue weighted by Crippen LogP contribution is -2.37. The number of amides is 2. The van der Waals surface area contributed by atoms with Gasteiger partial charge in [-0.05, 0) is 66.6 Å². The van der Waals surface area contributed by atoms with Crippen molar-refractivity contribution in [1.29, 1.82) is 0 Å². The number of Topliss-reactive ketones (excluding diaryl/α,β-unsaturated/α-hetero) is 1. The van der Waals surface area contributed by atoms with Gasteiger partial charge in [0.1, 0.15) is 18.3 Å². The number of nitrogens with zero attached hydrogens (tertiary/aromatic N) is 2. The quantitative estimate of drug-likeness (QED) is 0.237. The summed E-state index contributed by atoms with van der Waals surface area (Å²) in [5, 5.41) is 1.67. The molecule has 4 aromatic carbocycles. The maximum atomic E-state index is 13.8. The number of hydroxylamine groups is 1. The smallest absolute Gasteiger partial charge is 0.266 e. The number of fused-ring (bicyclic) bond motifs is 1. The molecule has 2 saturated heterocycles. The zero-order chi connectivity index (χ0) is 26.9. The fourth-order valence-corrected chi connectivity index (χ4v) is 5.15. The minimum absolute atomic E-state index is 0.0874. The molecule has 2 aliphatic heterocycles. The first-order valence-electron chi connectivity index (χ1n) is 12.8. The maximum Gasteiger partial charge on any atom is 0.266 e. The first-order valence-corrected chi connectivity index (χ1v) is 12.8. The van der Waals surface area contributed by atoms with Crippen molar-refractivity contribution < 1.29 is 24.0 Å². The Morgan fingerprint density at radius 3 is 2.05 bits per heavy atom. The van der Waals surface area contributed by atoms with Gasteiger partial charge in [0.25, 0.3) is 5.91 Å². The summed E-state index contributed by atoms with van der Waals surface area (Å²) in [6, 6.07) is 32.9. The second-order valence-electron chi connectivity index (χ2n) is 9.62. The van der Waals surface area contributed by atoms with Crippen LogP contribution >= 0.6 is 0 Å². The molecule has 0 saturated carbocycles. The normalized spacial score (nSPS) is 20.3. The highest BCUT2D eigenvalue weighted by atomic mass is 16.7. The number of ether oxygens (including phenoxy) is 1. The zero-order valence-electron chi connectivity index (χ0n) is 21.3. The molecule has 0 N–H and O–H groups in total. The maximum absolute atomic E-state index is 13.8. The Kier molecular flexibility index (Phi) is 6.42. The molecule has 0 aromatic heterocycles. The van der Waals surface area contributed by atoms with Crippen LogP contribution in [0.5, 0.6) is 5.75 Å². The molecule has 0 radical (unpaired) electrons. The van der Waals surface area contributed by atoms with Crippen molar-refractivity contribution in [2.45, 2.75) is 25.7 Å². The first kappa shape index (κ1) is 24.6. The number of hydrogen-bond donors (Lipinski definition) is 0. The number of benzene rings is 4. The predicted molar refractivity (Wildman–Crippen MR) is 146 cm³/mol. The van der Waals surface area contributed by atoms with Gasteiger partial charge in [0.15, 0.2) is 11.9 Å². The lowest BCUT2D eigenvalue weighted by atomic mass is 9.90. The fourth-order valence-electron chi connectivity index (χ4n) is 5.15. The standard InChI is InChI=1S/C32H26N2O5/c1-21(35)23-12-16-25(17-13-23)33-31(36)28-29(34(39-30(28)32(33)37)26-10-6-3-7-11-26)24-14-18-27(19-15-24)38-20-22-8-4-2-5-9-22/h2-19,28-30H,20H2,1H3. The van der Waals surface area contributed by atoms with Gasteiger partial charge in [0.2, 0.25) is 5.91 Å². The molecule has 7 heteroatoms. The molecule has 6 rings (SSSR count). The van der Waals surface area contributed by atoms with Crippen LogP contribution in [0.15, 0.2) is 109 Å². The van der Waals surface area contributed by atoms with Crippen molar-refractivity contribution >= 4 is 29.0 Å². The molecule has 2 aliphatic rings. The number of ketones is 1. The number of rotatable bonds is 7. The molecule has 4 aromatic rings. The zero-order valence-corrected chi connectivity index (χ0v) is 21.3. The molecule has 0 bridgehead atoms. The van der Waals surface area contributed by atoms with Crippen LogP contribution < -0.4 is 14.7 Å². The topological polar surface area (TPSA) is 76.2 Å². The van der Waals surface area contributed by atoms with E-state index in [0.29, 0.717) is 23.6 Å². The van der Waals surface area contributed by atoms with Crippen molar-refractivity contribution in [2.24, 2.45) is 5.92 Å². The van der Waals surface area contributed by atoms with Crippen LogP contribution in [0.1, 0.15) is 34.5 Å². The van der Waals surface area contributed by atoms with Crippen LogP contribution in [0, 0.1) is 5.92 Å². The molecule has 39 heavy (non-hydrogen) atoms. The molecular weight excluding hydrogens is 492 g/mol. The Balaban J connectivity index is 1.30. The van der Waals surface area contributed by atoms with Crippen LogP contribution in [0.3, 0.4) is 0 Å². The number of hydrogen-bond acceptors (Lipinski definition) is 6. The Labute approximate surface area is 226 Å². The van der Waals surface area contributed by atoms with Crippen LogP contribution in [0.2, 0.25) is 0 Å². The van der Waals surface area contributed by atoms with E-state index >= 15 is 0 Å². The highest BCUT2D eigenvalue weighted by Gasteiger charge is 2.60. The molecule has 2 heterocycles. The van der Waals surface area contributed by atoms with Crippen LogP contribution in [-0.4, -0.2) is 23.7 Å². The van der Waals surface area contributed by atoms with Gasteiger partial charge in [-0.2, -0.15) is 0 Å². The summed E-state index contributed by atoms with van der Waals surface area (Å²) in [7, 11) is 0. The molecule has 2 fully saturated rings. The summed E-state index contributed by atoms with van der Waals surface area (Å²) in [6.45, 7) is 1.91. The second-order valence-corrected chi connectivity index (χ2v) is 9.62. The SMILES string of the molecule is CC(=O)c1ccc(N2C(=O)C3ON(c4ccccc4)C(c4ccc(OCc5ccccc5)cc4)C3C2=O)cc1. The van der Waals surface area contributed by atoms with Gasteiger partial charge in [-0.1, -0.05) is 60.7 Å². The summed E-state index contributed by atoms with van der Waals surface area (Å²) >= 11 is 0. The number of anilines is 2. The number of para-hydroxylation sites is 1. The molecule has 194 valence electrons. The molecule has 3 atom stereocenters. The summed E-state index contributed by atoms with van der Waals surface area (Å²) in [5.74, 6) is -0.901. The van der Waals surface area contributed by atoms with E-state index in [9.17, 15) is 14.4 Å². The van der Waals surface area contributed by atoms with Gasteiger partial charge in [0.05, 0.1) is 17.4 Å². The van der Waals surface area contributed by atoms with Gasteiger partial charge in [-0.3, -0.25) is 19.2 Å². The fraction of sp³-hybridized carbons (Fsp3) is 0.156. The number of carbonyl (C=O) groups is 3. The van der Waals surface area contributed by atoms with Crippen LogP contribution in [-0.2, 0) is 21.0 Å². The van der Waals surface area contributed by atoms with Gasteiger partial charge in [0, 0.05) is 5.56 Å². The monoisotopic (exact) mass is 518 g/mol. The summed E-state index contributed by atoms with van der Waals surface area (Å²) in [5.41, 5.74) is 3.57. The van der Waals surface area contributed by atoms with Crippen LogP contribution in [0.4, 0.5) is 11.4 Å². The van der Waals surface area contributed by atoms with Crippen molar-refractivity contribution in [3.8, 4) is 5.75 Å². The first-order chi connectivity index (χ1) is 19.0. The Bertz CT molecular complexity index is 1500. The van der Waals surface area contributed by atoms with E-state index in [1.54, 1.807) is 29.3 Å². The lowest BCUT2D eigenvalue weighted by molar-refractivity contribution is -0.126. The van der Waals surface area contributed by atoms with Crippen molar-refractivity contribution in [2.75, 3.05) is 9.96 Å². The Morgan fingerprint density at radius 1 is 0.769 bits per heavy atom. The highest BCUT2D eigenvalue weighted by Crippen LogP contribution is 2.47. The third kappa shape index (κ3) is 4.57. The molecule has 7 nitrogen and oxygen atoms in total. The Morgan fingerprint density at radius 2 is 1.41 bits per heavy atom. The van der Waals surface area contributed by atoms with Gasteiger partial charge in [-0.15, -0.1) is 0 Å². The third-order valence-electron chi connectivity index (χ3n) is 7.13. The van der Waals surface area contributed by atoms with E-state index in [2.05, 4.69) is 0 Å². The van der Waals surface area contributed by atoms with Gasteiger partial charge in [-0.25, -0.2) is 9.96 Å². The molecular formula is C32H26N2O5. The van der Waals surface area contributed by atoms with Crippen molar-refractivity contribution in [1.82, 2.24) is 0 Å². The average molecular weight is 519 g/mol. The Hall–Kier alpha value is -4.75. The minimum Gasteiger partial charge on any atom is -0.489 e. The number of imide groups is 1. The van der Waals surface area contributed by atoms with Crippen molar-refractivity contribution in [3.05, 3.63) is 126 Å². The lowest BCUT2D eigenvalue weighted by Gasteiger charge is -2.29. The summed E-state index contributed by atoms with van der Waals surface area (Å²) < 4.78 is 5.95. The van der Waals surface area contributed by atoms with Gasteiger partial charge >= 0.3 is 0 Å². The van der Waals surface area contributed by atoms with E-state index < -0.39 is 24.0 Å². The van der Waals surface area contributed by atoms with Crippen molar-refractivity contribution in [3.63, 3.8) is 0 Å². The molecule has 0 spiro atoms. The molecule has 0 aliphatic carbocycles. The minimum atomic E-state index is -0.968. The highest BCUT2D eigenvalue weighted by molar-refractivity contribution is 6.24.